The first-order valence-corrected chi connectivity index (χ1v) is 25.3. The minimum absolute atomic E-state index is 1.02. The minimum Gasteiger partial charge on any atom is -0.309 e. The van der Waals surface area contributed by atoms with Gasteiger partial charge in [-0.25, -0.2) is 4.98 Å². The van der Waals surface area contributed by atoms with E-state index in [9.17, 15) is 0 Å². The molecule has 0 atom stereocenters. The molecule has 2 nitrogen and oxygen atoms in total. The van der Waals surface area contributed by atoms with E-state index in [1.807, 2.05) is 22.7 Å². The highest BCUT2D eigenvalue weighted by Crippen LogP contribution is 2.44. The highest BCUT2D eigenvalue weighted by Gasteiger charge is 2.20. The van der Waals surface area contributed by atoms with E-state index >= 15 is 0 Å². The number of nitrogens with zero attached hydrogens (tertiary/aromatic N) is 2. The van der Waals surface area contributed by atoms with Crippen molar-refractivity contribution < 1.29 is 0 Å². The Morgan fingerprint density at radius 1 is 0.409 bits per heavy atom. The van der Waals surface area contributed by atoms with Crippen LogP contribution in [0.25, 0.3) is 125 Å². The number of rotatable bonds is 6. The van der Waals surface area contributed by atoms with Gasteiger partial charge in [0.2, 0.25) is 0 Å². The van der Waals surface area contributed by atoms with Crippen molar-refractivity contribution in [2.75, 3.05) is 0 Å². The minimum atomic E-state index is 1.02. The molecule has 4 aromatic heterocycles. The third-order valence-corrected chi connectivity index (χ3v) is 17.4. The van der Waals surface area contributed by atoms with Gasteiger partial charge < -0.3 is 4.57 Å². The molecule has 5 heteroatoms. The standard InChI is InChI=1S/C61H40N2S3/c1-5-13-53-47(9-1)48-10-2-6-14-54(48)63(53)44-29-25-41(26-30-44)61-62-59-45(39-21-17-37(18-22-39)42-27-33-57-51(35-42)49-11-3-7-15-55(49)64-57)31-32-46(60(59)66-61)40-23-19-38(20-24-40)43-28-34-58-52(36-43)50-12-4-8-16-56(50)65-58/h1-6,9-14,17-36H,7-8,15-16H2. The van der Waals surface area contributed by atoms with Crippen LogP contribution in [0, 0.1) is 0 Å². The predicted molar refractivity (Wildman–Crippen MR) is 287 cm³/mol. The second-order valence-corrected chi connectivity index (χ2v) is 20.9. The Balaban J connectivity index is 0.857. The molecule has 4 heterocycles. The molecular formula is C61H40N2S3. The summed E-state index contributed by atoms with van der Waals surface area (Å²) < 4.78 is 6.33. The summed E-state index contributed by atoms with van der Waals surface area (Å²) in [5.74, 6) is 0. The van der Waals surface area contributed by atoms with Crippen LogP contribution in [-0.2, 0) is 12.8 Å². The number of hydrogen-bond acceptors (Lipinski definition) is 4. The summed E-state index contributed by atoms with van der Waals surface area (Å²) in [5, 5.41) is 6.29. The maximum Gasteiger partial charge on any atom is 0.124 e. The number of para-hydroxylation sites is 2. The molecule has 8 aromatic carbocycles. The van der Waals surface area contributed by atoms with E-state index < -0.39 is 0 Å². The molecule has 12 aromatic rings. The first-order valence-electron chi connectivity index (χ1n) is 22.9. The molecule has 0 spiro atoms. The number of fused-ring (bicyclic) bond motifs is 10. The molecule has 0 fully saturated rings. The van der Waals surface area contributed by atoms with E-state index in [4.69, 9.17) is 4.98 Å². The topological polar surface area (TPSA) is 17.8 Å². The van der Waals surface area contributed by atoms with E-state index in [-0.39, 0.29) is 0 Å². The zero-order valence-corrected chi connectivity index (χ0v) is 38.4. The molecule has 2 aliphatic rings. The Hall–Kier alpha value is -7.15. The fraction of sp³-hybridized carbons (Fsp3) is 0.0656. The van der Waals surface area contributed by atoms with Gasteiger partial charge in [-0.15, -0.1) is 34.0 Å². The van der Waals surface area contributed by atoms with Crippen molar-refractivity contribution in [3.05, 3.63) is 203 Å². The zero-order chi connectivity index (χ0) is 43.3. The highest BCUT2D eigenvalue weighted by molar-refractivity contribution is 7.22. The lowest BCUT2D eigenvalue weighted by Crippen LogP contribution is -1.93. The summed E-state index contributed by atoms with van der Waals surface area (Å²) in [4.78, 5) is 8.54. The molecule has 0 bridgehead atoms. The van der Waals surface area contributed by atoms with Crippen molar-refractivity contribution in [1.82, 2.24) is 9.55 Å². The average molecular weight is 897 g/mol. The second kappa shape index (κ2) is 15.2. The number of thiazole rings is 1. The Morgan fingerprint density at radius 2 is 0.894 bits per heavy atom. The van der Waals surface area contributed by atoms with E-state index in [1.54, 1.807) is 11.3 Å². The molecule has 0 radical (unpaired) electrons. The van der Waals surface area contributed by atoms with Crippen LogP contribution in [-0.4, -0.2) is 9.55 Å². The lowest BCUT2D eigenvalue weighted by atomic mass is 9.95. The van der Waals surface area contributed by atoms with Gasteiger partial charge >= 0.3 is 0 Å². The van der Waals surface area contributed by atoms with Crippen molar-refractivity contribution in [2.45, 2.75) is 25.7 Å². The molecule has 0 saturated heterocycles. The summed E-state index contributed by atoms with van der Waals surface area (Å²) in [5.41, 5.74) is 18.2. The Morgan fingerprint density at radius 3 is 1.47 bits per heavy atom. The van der Waals surface area contributed by atoms with Crippen molar-refractivity contribution in [1.29, 1.82) is 0 Å². The first-order chi connectivity index (χ1) is 32.7. The molecule has 2 aliphatic carbocycles. The molecule has 66 heavy (non-hydrogen) atoms. The molecular weight excluding hydrogens is 857 g/mol. The van der Waals surface area contributed by atoms with Gasteiger partial charge in [0.1, 0.15) is 5.01 Å². The van der Waals surface area contributed by atoms with Gasteiger partial charge in [0.05, 0.1) is 21.3 Å². The van der Waals surface area contributed by atoms with Gasteiger partial charge in [-0.05, 0) is 131 Å². The SMILES string of the molecule is C1=Cc2c(sc3ccc(-c4ccc(-c5ccc(-c6ccc(-c7ccc8sc9c(c8c7)C=CCC9)cc6)c6sc(-c7ccc(-n8c9ccccc9c9ccccc98)cc7)nc56)cc4)cc23)CC1. The van der Waals surface area contributed by atoms with Crippen LogP contribution in [0.15, 0.2) is 182 Å². The normalized spacial score (nSPS) is 13.4. The quantitative estimate of drug-likeness (QED) is 0.163. The van der Waals surface area contributed by atoms with Crippen molar-refractivity contribution in [3.63, 3.8) is 0 Å². The Bertz CT molecular complexity index is 3730. The summed E-state index contributed by atoms with van der Waals surface area (Å²) in [6.45, 7) is 0. The van der Waals surface area contributed by atoms with E-state index in [0.717, 1.165) is 53.0 Å². The molecule has 0 amide bonds. The van der Waals surface area contributed by atoms with Crippen molar-refractivity contribution >= 4 is 98.4 Å². The molecule has 0 N–H and O–H groups in total. The van der Waals surface area contributed by atoms with Gasteiger partial charge in [0, 0.05) is 63.1 Å². The smallest absolute Gasteiger partial charge is 0.124 e. The molecule has 0 saturated carbocycles. The third kappa shape index (κ3) is 6.15. The number of benzene rings is 8. The van der Waals surface area contributed by atoms with Gasteiger partial charge in [0.25, 0.3) is 0 Å². The highest BCUT2D eigenvalue weighted by atomic mass is 32.1. The Labute approximate surface area is 394 Å². The maximum absolute atomic E-state index is 5.51. The first kappa shape index (κ1) is 38.2. The Kier molecular flexibility index (Phi) is 8.80. The summed E-state index contributed by atoms with van der Waals surface area (Å²) in [6, 6.07) is 63.2. The predicted octanol–water partition coefficient (Wildman–Crippen LogP) is 18.1. The average Bonchev–Trinajstić information content (AvgIpc) is 4.17. The monoisotopic (exact) mass is 896 g/mol. The van der Waals surface area contributed by atoms with E-state index in [1.165, 1.54) is 107 Å². The number of aromatic nitrogens is 2. The fourth-order valence-corrected chi connectivity index (χ4v) is 14.0. The van der Waals surface area contributed by atoms with Gasteiger partial charge in [-0.2, -0.15) is 0 Å². The number of hydrogen-bond donors (Lipinski definition) is 0. The third-order valence-electron chi connectivity index (χ3n) is 13.8. The summed E-state index contributed by atoms with van der Waals surface area (Å²) in [7, 11) is 0. The van der Waals surface area contributed by atoms with Crippen LogP contribution in [0.5, 0.6) is 0 Å². The van der Waals surface area contributed by atoms with Gasteiger partial charge in [-0.1, -0.05) is 133 Å². The van der Waals surface area contributed by atoms with Crippen LogP contribution in [0.2, 0.25) is 0 Å². The molecule has 14 rings (SSSR count). The fourth-order valence-electron chi connectivity index (χ4n) is 10.5. The van der Waals surface area contributed by atoms with Gasteiger partial charge in [0.15, 0.2) is 0 Å². The van der Waals surface area contributed by atoms with Crippen LogP contribution in [0.1, 0.15) is 33.7 Å². The van der Waals surface area contributed by atoms with E-state index in [0.29, 0.717) is 0 Å². The molecule has 312 valence electrons. The van der Waals surface area contributed by atoms with Crippen LogP contribution in [0.4, 0.5) is 0 Å². The van der Waals surface area contributed by atoms with E-state index in [2.05, 4.69) is 199 Å². The van der Waals surface area contributed by atoms with Crippen LogP contribution < -0.4 is 0 Å². The van der Waals surface area contributed by atoms with Crippen molar-refractivity contribution in [3.8, 4) is 60.8 Å². The number of thiophene rings is 2. The lowest BCUT2D eigenvalue weighted by molar-refractivity contribution is 1.02. The van der Waals surface area contributed by atoms with Crippen LogP contribution >= 0.6 is 34.0 Å². The largest absolute Gasteiger partial charge is 0.309 e. The van der Waals surface area contributed by atoms with Gasteiger partial charge in [-0.3, -0.25) is 0 Å². The van der Waals surface area contributed by atoms with Crippen LogP contribution in [0.3, 0.4) is 0 Å². The molecule has 0 unspecified atom stereocenters. The maximum atomic E-state index is 5.51. The summed E-state index contributed by atoms with van der Waals surface area (Å²) in [6.07, 6.45) is 13.9. The summed E-state index contributed by atoms with van der Waals surface area (Å²) >= 11 is 5.69. The number of allylic oxidation sites excluding steroid dienone is 2. The number of aryl methyl sites for hydroxylation is 2. The lowest BCUT2D eigenvalue weighted by Gasteiger charge is -2.10. The second-order valence-electron chi connectivity index (χ2n) is 17.6. The molecule has 0 aliphatic heterocycles. The van der Waals surface area contributed by atoms with Crippen molar-refractivity contribution in [2.24, 2.45) is 0 Å². The zero-order valence-electron chi connectivity index (χ0n) is 35.9.